The van der Waals surface area contributed by atoms with E-state index in [9.17, 15) is 14.0 Å². The highest BCUT2D eigenvalue weighted by Crippen LogP contribution is 2.36. The van der Waals surface area contributed by atoms with Gasteiger partial charge in [-0.3, -0.25) is 4.79 Å². The standard InChI is InChI=1S/C19H17ClFNO4/c1-10-2-3-12(19(24)25)9-16(10)22-18(23)13-6-7-26-17(13)11-4-5-14(20)15(21)8-11/h2-5,8-9,13,17H,6-7H2,1H3,(H,22,23)(H,24,25)/t13-,17+/m1/s1. The zero-order valence-electron chi connectivity index (χ0n) is 14.0. The average Bonchev–Trinajstić information content (AvgIpc) is 3.09. The Morgan fingerprint density at radius 3 is 2.73 bits per heavy atom. The molecule has 2 aromatic carbocycles. The van der Waals surface area contributed by atoms with E-state index in [4.69, 9.17) is 21.4 Å². The molecule has 0 radical (unpaired) electrons. The SMILES string of the molecule is Cc1ccc(C(=O)O)cc1NC(=O)[C@@H]1CCO[C@H]1c1ccc(Cl)c(F)c1. The fourth-order valence-electron chi connectivity index (χ4n) is 2.99. The third-order valence-electron chi connectivity index (χ3n) is 4.44. The summed E-state index contributed by atoms with van der Waals surface area (Å²) in [6.45, 7) is 2.15. The summed E-state index contributed by atoms with van der Waals surface area (Å²) in [7, 11) is 0. The van der Waals surface area contributed by atoms with Gasteiger partial charge in [0.05, 0.1) is 22.6 Å². The Morgan fingerprint density at radius 2 is 2.04 bits per heavy atom. The molecular formula is C19H17ClFNO4. The van der Waals surface area contributed by atoms with Crippen molar-refractivity contribution in [3.63, 3.8) is 0 Å². The molecule has 2 aromatic rings. The number of benzene rings is 2. The van der Waals surface area contributed by atoms with Crippen molar-refractivity contribution in [3.8, 4) is 0 Å². The minimum atomic E-state index is -1.07. The van der Waals surface area contributed by atoms with Gasteiger partial charge in [0.2, 0.25) is 5.91 Å². The van der Waals surface area contributed by atoms with Gasteiger partial charge in [-0.15, -0.1) is 0 Å². The molecule has 1 heterocycles. The number of nitrogens with one attached hydrogen (secondary N) is 1. The Morgan fingerprint density at radius 1 is 1.27 bits per heavy atom. The third-order valence-corrected chi connectivity index (χ3v) is 4.75. The Hall–Kier alpha value is -2.44. The summed E-state index contributed by atoms with van der Waals surface area (Å²) in [5, 5.41) is 11.9. The van der Waals surface area contributed by atoms with Gasteiger partial charge in [0, 0.05) is 12.3 Å². The van der Waals surface area contributed by atoms with Crippen molar-refractivity contribution in [2.45, 2.75) is 19.4 Å². The molecule has 2 atom stereocenters. The first-order valence-electron chi connectivity index (χ1n) is 8.08. The normalized spacial score (nSPS) is 19.3. The van der Waals surface area contributed by atoms with Crippen LogP contribution >= 0.6 is 11.6 Å². The largest absolute Gasteiger partial charge is 0.478 e. The maximum Gasteiger partial charge on any atom is 0.335 e. The topological polar surface area (TPSA) is 75.6 Å². The maximum absolute atomic E-state index is 13.7. The molecule has 7 heteroatoms. The van der Waals surface area contributed by atoms with Gasteiger partial charge in [-0.2, -0.15) is 0 Å². The molecule has 136 valence electrons. The van der Waals surface area contributed by atoms with E-state index >= 15 is 0 Å². The van der Waals surface area contributed by atoms with Crippen LogP contribution in [-0.4, -0.2) is 23.6 Å². The lowest BCUT2D eigenvalue weighted by molar-refractivity contribution is -0.121. The molecule has 0 spiro atoms. The number of aryl methyl sites for hydroxylation is 1. The second-order valence-corrected chi connectivity index (χ2v) is 6.59. The second kappa shape index (κ2) is 7.43. The lowest BCUT2D eigenvalue weighted by Gasteiger charge is -2.19. The highest BCUT2D eigenvalue weighted by atomic mass is 35.5. The van der Waals surface area contributed by atoms with Crippen molar-refractivity contribution in [1.82, 2.24) is 0 Å². The van der Waals surface area contributed by atoms with Crippen LogP contribution < -0.4 is 5.32 Å². The number of rotatable bonds is 4. The van der Waals surface area contributed by atoms with Gasteiger partial charge in [-0.1, -0.05) is 23.7 Å². The predicted octanol–water partition coefficient (Wildman–Crippen LogP) is 4.20. The molecule has 3 rings (SSSR count). The molecule has 2 N–H and O–H groups in total. The number of anilines is 1. The Bertz CT molecular complexity index is 871. The minimum absolute atomic E-state index is 0.00820. The number of carboxylic acids is 1. The van der Waals surface area contributed by atoms with Crippen LogP contribution in [0, 0.1) is 18.7 Å². The van der Waals surface area contributed by atoms with Gasteiger partial charge in [0.15, 0.2) is 0 Å². The molecule has 0 aliphatic carbocycles. The number of aromatic carboxylic acids is 1. The van der Waals surface area contributed by atoms with Gasteiger partial charge in [-0.05, 0) is 48.7 Å². The summed E-state index contributed by atoms with van der Waals surface area (Å²) < 4.78 is 19.4. The van der Waals surface area contributed by atoms with Crippen LogP contribution in [0.1, 0.15) is 34.0 Å². The quantitative estimate of drug-likeness (QED) is 0.837. The van der Waals surface area contributed by atoms with E-state index in [1.807, 2.05) is 0 Å². The van der Waals surface area contributed by atoms with Gasteiger partial charge in [0.25, 0.3) is 0 Å². The van der Waals surface area contributed by atoms with E-state index < -0.39 is 23.8 Å². The molecule has 1 aliphatic heterocycles. The number of ether oxygens (including phenoxy) is 1. The molecule has 1 saturated heterocycles. The van der Waals surface area contributed by atoms with Gasteiger partial charge in [-0.25, -0.2) is 9.18 Å². The molecule has 0 unspecified atom stereocenters. The fraction of sp³-hybridized carbons (Fsp3) is 0.263. The predicted molar refractivity (Wildman–Crippen MR) is 95.0 cm³/mol. The van der Waals surface area contributed by atoms with Crippen LogP contribution in [0.2, 0.25) is 5.02 Å². The Balaban J connectivity index is 1.82. The molecular weight excluding hydrogens is 361 g/mol. The Labute approximate surface area is 154 Å². The van der Waals surface area contributed by atoms with Crippen LogP contribution in [0.5, 0.6) is 0 Å². The first-order valence-corrected chi connectivity index (χ1v) is 8.46. The van der Waals surface area contributed by atoms with Crippen molar-refractivity contribution in [2.75, 3.05) is 11.9 Å². The lowest BCUT2D eigenvalue weighted by atomic mass is 9.94. The molecule has 0 bridgehead atoms. The number of hydrogen-bond acceptors (Lipinski definition) is 3. The highest BCUT2D eigenvalue weighted by Gasteiger charge is 2.35. The van der Waals surface area contributed by atoms with Crippen molar-refractivity contribution in [1.29, 1.82) is 0 Å². The number of carbonyl (C=O) groups is 2. The average molecular weight is 378 g/mol. The summed E-state index contributed by atoms with van der Waals surface area (Å²) in [5.74, 6) is -2.44. The van der Waals surface area contributed by atoms with E-state index in [1.165, 1.54) is 24.3 Å². The smallest absolute Gasteiger partial charge is 0.335 e. The zero-order valence-corrected chi connectivity index (χ0v) is 14.7. The number of hydrogen-bond donors (Lipinski definition) is 2. The highest BCUT2D eigenvalue weighted by molar-refractivity contribution is 6.30. The van der Waals surface area contributed by atoms with Crippen molar-refractivity contribution >= 4 is 29.2 Å². The first-order chi connectivity index (χ1) is 12.4. The fourth-order valence-corrected chi connectivity index (χ4v) is 3.11. The van der Waals surface area contributed by atoms with Crippen LogP contribution in [0.25, 0.3) is 0 Å². The van der Waals surface area contributed by atoms with Crippen molar-refractivity contribution in [2.24, 2.45) is 5.92 Å². The summed E-state index contributed by atoms with van der Waals surface area (Å²) in [5.41, 5.74) is 1.81. The van der Waals surface area contributed by atoms with Gasteiger partial charge >= 0.3 is 5.97 Å². The lowest BCUT2D eigenvalue weighted by Crippen LogP contribution is -2.26. The third kappa shape index (κ3) is 3.71. The van der Waals surface area contributed by atoms with Crippen LogP contribution in [0.3, 0.4) is 0 Å². The maximum atomic E-state index is 13.7. The minimum Gasteiger partial charge on any atom is -0.478 e. The van der Waals surface area contributed by atoms with Crippen LogP contribution in [0.4, 0.5) is 10.1 Å². The van der Waals surface area contributed by atoms with E-state index in [0.717, 1.165) is 5.56 Å². The molecule has 0 saturated carbocycles. The zero-order chi connectivity index (χ0) is 18.8. The summed E-state index contributed by atoms with van der Waals surface area (Å²) in [4.78, 5) is 23.8. The van der Waals surface area contributed by atoms with Crippen LogP contribution in [0.15, 0.2) is 36.4 Å². The van der Waals surface area contributed by atoms with Gasteiger partial charge < -0.3 is 15.2 Å². The summed E-state index contributed by atoms with van der Waals surface area (Å²) in [6.07, 6.45) is -0.0944. The number of carbonyl (C=O) groups excluding carboxylic acids is 1. The molecule has 1 aliphatic rings. The number of carboxylic acid groups (broad SMARTS) is 1. The number of halogens is 2. The molecule has 26 heavy (non-hydrogen) atoms. The molecule has 5 nitrogen and oxygen atoms in total. The van der Waals surface area contributed by atoms with Crippen molar-refractivity contribution in [3.05, 3.63) is 63.9 Å². The first kappa shape index (κ1) is 18.4. The molecule has 1 fully saturated rings. The van der Waals surface area contributed by atoms with E-state index in [0.29, 0.717) is 24.3 Å². The van der Waals surface area contributed by atoms with E-state index in [-0.39, 0.29) is 16.5 Å². The summed E-state index contributed by atoms with van der Waals surface area (Å²) in [6, 6.07) is 8.88. The Kier molecular flexibility index (Phi) is 5.25. The van der Waals surface area contributed by atoms with Crippen molar-refractivity contribution < 1.29 is 23.8 Å². The molecule has 0 aromatic heterocycles. The number of amides is 1. The van der Waals surface area contributed by atoms with E-state index in [2.05, 4.69) is 5.32 Å². The van der Waals surface area contributed by atoms with Gasteiger partial charge in [0.1, 0.15) is 5.82 Å². The summed E-state index contributed by atoms with van der Waals surface area (Å²) >= 11 is 5.71. The second-order valence-electron chi connectivity index (χ2n) is 6.18. The molecule has 1 amide bonds. The van der Waals surface area contributed by atoms with Crippen LogP contribution in [-0.2, 0) is 9.53 Å². The van der Waals surface area contributed by atoms with E-state index in [1.54, 1.807) is 19.1 Å². The monoisotopic (exact) mass is 377 g/mol.